The molecule has 2 aliphatic rings. The molecular formula is C13H10N2O5. The summed E-state index contributed by atoms with van der Waals surface area (Å²) >= 11 is 0. The number of esters is 1. The summed E-state index contributed by atoms with van der Waals surface area (Å²) in [7, 11) is 0. The molecule has 2 aliphatic heterocycles. The molecule has 7 heteroatoms. The van der Waals surface area contributed by atoms with Gasteiger partial charge in [0.05, 0.1) is 16.2 Å². The van der Waals surface area contributed by atoms with Gasteiger partial charge in [0.25, 0.3) is 5.69 Å². The largest absolute Gasteiger partial charge is 0.456 e. The highest BCUT2D eigenvalue weighted by Crippen LogP contribution is 2.37. The number of rotatable bonds is 2. The molecule has 0 saturated heterocycles. The first-order chi connectivity index (χ1) is 9.56. The Hall–Kier alpha value is -2.70. The van der Waals surface area contributed by atoms with Crippen molar-refractivity contribution in [3.63, 3.8) is 0 Å². The highest BCUT2D eigenvalue weighted by molar-refractivity contribution is 5.98. The van der Waals surface area contributed by atoms with Crippen molar-refractivity contribution in [2.24, 2.45) is 0 Å². The van der Waals surface area contributed by atoms with Gasteiger partial charge in [0, 0.05) is 24.5 Å². The van der Waals surface area contributed by atoms with E-state index in [1.165, 1.54) is 12.1 Å². The fourth-order valence-corrected chi connectivity index (χ4v) is 2.52. The lowest BCUT2D eigenvalue weighted by Gasteiger charge is -2.22. The Kier molecular flexibility index (Phi) is 2.74. The number of nitrogens with zero attached hydrogens (tertiary/aromatic N) is 1. The van der Waals surface area contributed by atoms with E-state index < -0.39 is 16.8 Å². The summed E-state index contributed by atoms with van der Waals surface area (Å²) in [4.78, 5) is 33.7. The topological polar surface area (TPSA) is 98.5 Å². The average molecular weight is 274 g/mol. The number of nitro groups is 1. The van der Waals surface area contributed by atoms with Crippen molar-refractivity contribution in [1.82, 2.24) is 5.32 Å². The third-order valence-electron chi connectivity index (χ3n) is 3.40. The van der Waals surface area contributed by atoms with Crippen LogP contribution in [0.1, 0.15) is 17.9 Å². The van der Waals surface area contributed by atoms with Crippen molar-refractivity contribution in [1.29, 1.82) is 0 Å². The monoisotopic (exact) mass is 274 g/mol. The minimum atomic E-state index is -0.505. The third-order valence-corrected chi connectivity index (χ3v) is 3.40. The van der Waals surface area contributed by atoms with Crippen LogP contribution in [0.25, 0.3) is 0 Å². The molecule has 1 aromatic carbocycles. The maximum absolute atomic E-state index is 11.8. The van der Waals surface area contributed by atoms with E-state index in [2.05, 4.69) is 5.32 Å². The van der Waals surface area contributed by atoms with Gasteiger partial charge in [-0.05, 0) is 5.56 Å². The molecule has 0 aromatic heterocycles. The molecule has 2 heterocycles. The van der Waals surface area contributed by atoms with E-state index in [0.29, 0.717) is 16.8 Å². The summed E-state index contributed by atoms with van der Waals surface area (Å²) in [6.45, 7) is 0.0470. The number of amides is 1. The molecule has 1 aromatic rings. The lowest BCUT2D eigenvalue weighted by atomic mass is 9.85. The van der Waals surface area contributed by atoms with Crippen LogP contribution in [0.2, 0.25) is 0 Å². The van der Waals surface area contributed by atoms with Crippen LogP contribution in [0.5, 0.6) is 0 Å². The Balaban J connectivity index is 2.06. The molecule has 7 nitrogen and oxygen atoms in total. The lowest BCUT2D eigenvalue weighted by Crippen LogP contribution is -2.32. The Labute approximate surface area is 113 Å². The molecule has 0 spiro atoms. The van der Waals surface area contributed by atoms with E-state index in [9.17, 15) is 19.7 Å². The Morgan fingerprint density at radius 3 is 2.90 bits per heavy atom. The number of benzene rings is 1. The number of hydrogen-bond donors (Lipinski definition) is 1. The van der Waals surface area contributed by atoms with E-state index in [4.69, 9.17) is 4.74 Å². The molecule has 0 fully saturated rings. The van der Waals surface area contributed by atoms with E-state index in [1.54, 1.807) is 12.1 Å². The molecule has 1 N–H and O–H groups in total. The minimum Gasteiger partial charge on any atom is -0.456 e. The summed E-state index contributed by atoms with van der Waals surface area (Å²) < 4.78 is 4.92. The van der Waals surface area contributed by atoms with Crippen molar-refractivity contribution >= 4 is 17.6 Å². The highest BCUT2D eigenvalue weighted by atomic mass is 16.6. The number of ether oxygens (including phenoxy) is 1. The summed E-state index contributed by atoms with van der Waals surface area (Å²) in [6.07, 6.45) is 0.0785. The SMILES string of the molecule is O=C1C[C@@H](c2cccc([N+](=O)[O-])c2)C2=C(COC2=O)N1. The van der Waals surface area contributed by atoms with Crippen LogP contribution >= 0.6 is 0 Å². The second kappa shape index (κ2) is 4.44. The number of non-ortho nitro benzene ring substituents is 1. The fourth-order valence-electron chi connectivity index (χ4n) is 2.52. The van der Waals surface area contributed by atoms with Gasteiger partial charge < -0.3 is 10.1 Å². The quantitative estimate of drug-likeness (QED) is 0.493. The van der Waals surface area contributed by atoms with Gasteiger partial charge in [-0.1, -0.05) is 12.1 Å². The zero-order chi connectivity index (χ0) is 14.3. The Morgan fingerprint density at radius 2 is 2.15 bits per heavy atom. The van der Waals surface area contributed by atoms with Gasteiger partial charge in [-0.25, -0.2) is 4.79 Å². The summed E-state index contributed by atoms with van der Waals surface area (Å²) in [5.41, 5.74) is 1.36. The Bertz CT molecular complexity index is 664. The zero-order valence-electron chi connectivity index (χ0n) is 10.3. The molecule has 0 radical (unpaired) electrons. The van der Waals surface area contributed by atoms with Gasteiger partial charge in [-0.2, -0.15) is 0 Å². The van der Waals surface area contributed by atoms with Crippen LogP contribution in [-0.2, 0) is 14.3 Å². The van der Waals surface area contributed by atoms with Crippen molar-refractivity contribution < 1.29 is 19.2 Å². The number of nitro benzene ring substituents is 1. The van der Waals surface area contributed by atoms with Crippen LogP contribution in [-0.4, -0.2) is 23.4 Å². The highest BCUT2D eigenvalue weighted by Gasteiger charge is 2.38. The van der Waals surface area contributed by atoms with Crippen molar-refractivity contribution in [3.8, 4) is 0 Å². The zero-order valence-corrected chi connectivity index (χ0v) is 10.3. The maximum Gasteiger partial charge on any atom is 0.336 e. The summed E-state index contributed by atoms with van der Waals surface area (Å²) in [5, 5.41) is 13.4. The minimum absolute atomic E-state index is 0.0470. The standard InChI is InChI=1S/C13H10N2O5/c16-11-5-9(12-10(14-11)6-20-13(12)17)7-2-1-3-8(4-7)15(18)19/h1-4,9H,5-6H2,(H,14,16)/t9-/m0/s1. The molecule has 0 saturated carbocycles. The normalized spacial score (nSPS) is 21.3. The first-order valence-corrected chi connectivity index (χ1v) is 6.00. The lowest BCUT2D eigenvalue weighted by molar-refractivity contribution is -0.384. The van der Waals surface area contributed by atoms with Gasteiger partial charge in [0.2, 0.25) is 5.91 Å². The predicted octanol–water partition coefficient (Wildman–Crippen LogP) is 1.01. The van der Waals surface area contributed by atoms with Crippen molar-refractivity contribution in [3.05, 3.63) is 51.2 Å². The first-order valence-electron chi connectivity index (χ1n) is 6.00. The number of cyclic esters (lactones) is 1. The second-order valence-corrected chi connectivity index (χ2v) is 4.63. The van der Waals surface area contributed by atoms with Gasteiger partial charge in [-0.15, -0.1) is 0 Å². The molecule has 20 heavy (non-hydrogen) atoms. The van der Waals surface area contributed by atoms with E-state index in [1.807, 2.05) is 0 Å². The van der Waals surface area contributed by atoms with E-state index in [-0.39, 0.29) is 24.6 Å². The summed E-state index contributed by atoms with van der Waals surface area (Å²) in [5.74, 6) is -1.19. The average Bonchev–Trinajstić information content (AvgIpc) is 2.79. The number of carbonyl (C=O) groups is 2. The van der Waals surface area contributed by atoms with E-state index in [0.717, 1.165) is 0 Å². The molecule has 3 rings (SSSR count). The summed E-state index contributed by atoms with van der Waals surface area (Å²) in [6, 6.07) is 5.97. The van der Waals surface area contributed by atoms with Gasteiger partial charge in [-0.3, -0.25) is 14.9 Å². The fraction of sp³-hybridized carbons (Fsp3) is 0.231. The molecule has 102 valence electrons. The molecular weight excluding hydrogens is 264 g/mol. The van der Waals surface area contributed by atoms with Crippen LogP contribution in [0.4, 0.5) is 5.69 Å². The Morgan fingerprint density at radius 1 is 1.35 bits per heavy atom. The predicted molar refractivity (Wildman–Crippen MR) is 66.6 cm³/mol. The van der Waals surface area contributed by atoms with Crippen molar-refractivity contribution in [2.75, 3.05) is 6.61 Å². The number of carbonyl (C=O) groups excluding carboxylic acids is 2. The van der Waals surface area contributed by atoms with Crippen LogP contribution in [0, 0.1) is 10.1 Å². The maximum atomic E-state index is 11.8. The smallest absolute Gasteiger partial charge is 0.336 e. The molecule has 1 atom stereocenters. The van der Waals surface area contributed by atoms with Gasteiger partial charge in [0.1, 0.15) is 6.61 Å². The van der Waals surface area contributed by atoms with Gasteiger partial charge >= 0.3 is 5.97 Å². The second-order valence-electron chi connectivity index (χ2n) is 4.63. The molecule has 1 amide bonds. The molecule has 0 unspecified atom stereocenters. The number of hydrogen-bond acceptors (Lipinski definition) is 5. The third kappa shape index (κ3) is 1.93. The van der Waals surface area contributed by atoms with Crippen LogP contribution < -0.4 is 5.32 Å². The van der Waals surface area contributed by atoms with Crippen molar-refractivity contribution in [2.45, 2.75) is 12.3 Å². The molecule has 0 bridgehead atoms. The van der Waals surface area contributed by atoms with Crippen LogP contribution in [0.3, 0.4) is 0 Å². The van der Waals surface area contributed by atoms with E-state index >= 15 is 0 Å². The molecule has 0 aliphatic carbocycles. The number of nitrogens with one attached hydrogen (secondary N) is 1. The van der Waals surface area contributed by atoms with Crippen LogP contribution in [0.15, 0.2) is 35.5 Å². The first kappa shape index (κ1) is 12.3. The van der Waals surface area contributed by atoms with Gasteiger partial charge in [0.15, 0.2) is 0 Å².